The van der Waals surface area contributed by atoms with Crippen LogP contribution in [0.4, 0.5) is 4.79 Å². The Hall–Kier alpha value is -6.08. The fraction of sp³-hybridized carbons (Fsp3) is 0.415. The minimum absolute atomic E-state index is 0.0301. The molecule has 0 saturated carbocycles. The van der Waals surface area contributed by atoms with Crippen LogP contribution in [0.2, 0.25) is 0 Å². The van der Waals surface area contributed by atoms with Crippen LogP contribution in [0.1, 0.15) is 99.6 Å². The Bertz CT molecular complexity index is 2150. The summed E-state index contributed by atoms with van der Waals surface area (Å²) >= 11 is 0. The molecular weight excluding hydrogens is 685 g/mol. The number of alkyl carbamates (subject to hydrolysis) is 1. The number of carbonyl (C=O) groups excluding carboxylic acids is 4. The summed E-state index contributed by atoms with van der Waals surface area (Å²) in [6.45, 7) is 8.80. The van der Waals surface area contributed by atoms with E-state index in [4.69, 9.17) is 4.74 Å². The van der Waals surface area contributed by atoms with Gasteiger partial charge in [0.1, 0.15) is 35.1 Å². The van der Waals surface area contributed by atoms with E-state index >= 15 is 0 Å². The van der Waals surface area contributed by atoms with Gasteiger partial charge in [-0.3, -0.25) is 14.4 Å². The number of fused-ring (bicyclic) bond motifs is 1. The van der Waals surface area contributed by atoms with E-state index in [1.807, 2.05) is 64.1 Å². The van der Waals surface area contributed by atoms with Crippen molar-refractivity contribution in [1.82, 2.24) is 40.4 Å². The number of likely N-dealkylation sites (tertiary alicyclic amines) is 2. The van der Waals surface area contributed by atoms with Gasteiger partial charge in [0.15, 0.2) is 0 Å². The van der Waals surface area contributed by atoms with Gasteiger partial charge in [-0.05, 0) is 84.4 Å². The summed E-state index contributed by atoms with van der Waals surface area (Å²) in [5, 5.41) is 7.40. The van der Waals surface area contributed by atoms with Gasteiger partial charge in [-0.25, -0.2) is 14.8 Å². The first-order valence-corrected chi connectivity index (χ1v) is 18.4. The van der Waals surface area contributed by atoms with Crippen LogP contribution in [0.3, 0.4) is 0 Å². The second-order valence-electron chi connectivity index (χ2n) is 14.4. The predicted octanol–water partition coefficient (Wildman–Crippen LogP) is 4.56. The summed E-state index contributed by atoms with van der Waals surface area (Å²) in [5.74, 6) is 13.7. The molecule has 2 aliphatic rings. The van der Waals surface area contributed by atoms with E-state index in [2.05, 4.69) is 54.3 Å². The third-order valence-electron chi connectivity index (χ3n) is 9.99. The highest BCUT2D eigenvalue weighted by Gasteiger charge is 2.38. The number of nitrogens with zero attached hydrogens (tertiary/aromatic N) is 4. The number of amides is 4. The smallest absolute Gasteiger partial charge is 0.407 e. The molecule has 0 spiro atoms. The van der Waals surface area contributed by atoms with Gasteiger partial charge in [0.25, 0.3) is 0 Å². The molecule has 280 valence electrons. The SMILES string of the molecule is COC(=O)NC(C(=O)N1CCC[C@H]1c1ncc(C#Cc2ccc3cc(C#Cc4cnc([C@@H]5CCCN5C(=O)C(NC=O)C(C)C)[nH]4)ccc3c2)[nH]1)C(C)C. The number of imidazole rings is 2. The highest BCUT2D eigenvalue weighted by molar-refractivity contribution is 5.87. The van der Waals surface area contributed by atoms with Crippen molar-refractivity contribution < 1.29 is 23.9 Å². The van der Waals surface area contributed by atoms with Crippen LogP contribution in [0.15, 0.2) is 48.8 Å². The van der Waals surface area contributed by atoms with E-state index < -0.39 is 18.2 Å². The predicted molar refractivity (Wildman–Crippen MR) is 202 cm³/mol. The maximum atomic E-state index is 13.4. The standard InChI is InChI=1S/C41H46N8O5/c1-25(2)35(44-24-50)39(51)48-18-6-8-33(48)37-42-22-31(45-37)16-12-27-10-14-30-21-28(11-15-29(30)20-27)13-17-32-23-43-38(46-32)34-9-7-19-49(34)40(52)36(26(3)4)47-41(53)54-5/h10-11,14-15,20-26,33-36H,6-9,18-19H2,1-5H3,(H,42,45)(H,43,46)(H,44,50)(H,47,53)/t33-,34-,35?,36?/m0/s1. The number of aromatic nitrogens is 4. The number of carbonyl (C=O) groups is 4. The lowest BCUT2D eigenvalue weighted by Gasteiger charge is -2.29. The lowest BCUT2D eigenvalue weighted by molar-refractivity contribution is -0.137. The zero-order chi connectivity index (χ0) is 38.4. The topological polar surface area (TPSA) is 165 Å². The van der Waals surface area contributed by atoms with Crippen molar-refractivity contribution in [3.63, 3.8) is 0 Å². The molecule has 4 heterocycles. The lowest BCUT2D eigenvalue weighted by Crippen LogP contribution is -2.51. The van der Waals surface area contributed by atoms with Crippen LogP contribution in [0.5, 0.6) is 0 Å². The third-order valence-corrected chi connectivity index (χ3v) is 9.99. The van der Waals surface area contributed by atoms with Gasteiger partial charge in [0.05, 0.1) is 31.6 Å². The van der Waals surface area contributed by atoms with Crippen LogP contribution >= 0.6 is 0 Å². The first-order valence-electron chi connectivity index (χ1n) is 18.4. The van der Waals surface area contributed by atoms with Crippen LogP contribution in [0, 0.1) is 35.5 Å². The zero-order valence-electron chi connectivity index (χ0n) is 31.2. The summed E-state index contributed by atoms with van der Waals surface area (Å²) in [5.41, 5.74) is 2.99. The number of aromatic amines is 2. The van der Waals surface area contributed by atoms with Gasteiger partial charge in [0.2, 0.25) is 18.2 Å². The number of hydrogen-bond donors (Lipinski definition) is 4. The average Bonchev–Trinajstić information content (AvgIpc) is 4.00. The van der Waals surface area contributed by atoms with E-state index in [1.165, 1.54) is 7.11 Å². The molecule has 2 aliphatic heterocycles. The summed E-state index contributed by atoms with van der Waals surface area (Å²) < 4.78 is 4.73. The lowest BCUT2D eigenvalue weighted by atomic mass is 10.0. The van der Waals surface area contributed by atoms with E-state index in [-0.39, 0.29) is 35.7 Å². The van der Waals surface area contributed by atoms with Crippen molar-refractivity contribution in [3.05, 3.63) is 83.0 Å². The molecule has 54 heavy (non-hydrogen) atoms. The minimum atomic E-state index is -0.696. The second-order valence-corrected chi connectivity index (χ2v) is 14.4. The van der Waals surface area contributed by atoms with Crippen LogP contribution < -0.4 is 10.6 Å². The molecule has 4 aromatic rings. The summed E-state index contributed by atoms with van der Waals surface area (Å²) in [7, 11) is 1.28. The molecule has 0 bridgehead atoms. The fourth-order valence-corrected chi connectivity index (χ4v) is 7.13. The highest BCUT2D eigenvalue weighted by atomic mass is 16.5. The summed E-state index contributed by atoms with van der Waals surface area (Å²) in [6.07, 6.45) is 6.57. The Morgan fingerprint density at radius 3 is 1.70 bits per heavy atom. The largest absolute Gasteiger partial charge is 0.453 e. The van der Waals surface area contributed by atoms with Gasteiger partial charge in [0, 0.05) is 24.2 Å². The molecule has 2 aromatic carbocycles. The third kappa shape index (κ3) is 8.42. The van der Waals surface area contributed by atoms with Crippen molar-refractivity contribution in [2.75, 3.05) is 20.2 Å². The zero-order valence-corrected chi connectivity index (χ0v) is 31.2. The highest BCUT2D eigenvalue weighted by Crippen LogP contribution is 2.32. The molecule has 0 aliphatic carbocycles. The van der Waals surface area contributed by atoms with Gasteiger partial charge in [-0.2, -0.15) is 0 Å². The molecule has 4 atom stereocenters. The van der Waals surface area contributed by atoms with Gasteiger partial charge >= 0.3 is 6.09 Å². The number of methoxy groups -OCH3 is 1. The van der Waals surface area contributed by atoms with Crippen molar-refractivity contribution >= 4 is 35.1 Å². The molecule has 2 fully saturated rings. The molecule has 4 N–H and O–H groups in total. The number of benzene rings is 2. The van der Waals surface area contributed by atoms with Crippen molar-refractivity contribution in [2.45, 2.75) is 77.5 Å². The molecular formula is C41H46N8O5. The van der Waals surface area contributed by atoms with Gasteiger partial charge in [-0.15, -0.1) is 0 Å². The van der Waals surface area contributed by atoms with Crippen molar-refractivity contribution in [1.29, 1.82) is 0 Å². The first kappa shape index (κ1) is 37.7. The Balaban J connectivity index is 1.10. The summed E-state index contributed by atoms with van der Waals surface area (Å²) in [4.78, 5) is 69.0. The molecule has 2 unspecified atom stereocenters. The number of hydrogen-bond acceptors (Lipinski definition) is 7. The van der Waals surface area contributed by atoms with E-state index in [9.17, 15) is 19.2 Å². The monoisotopic (exact) mass is 730 g/mol. The molecule has 2 saturated heterocycles. The Morgan fingerprint density at radius 2 is 1.26 bits per heavy atom. The number of rotatable bonds is 9. The maximum absolute atomic E-state index is 13.4. The Morgan fingerprint density at radius 1 is 0.778 bits per heavy atom. The van der Waals surface area contributed by atoms with Crippen molar-refractivity contribution in [3.8, 4) is 23.7 Å². The fourth-order valence-electron chi connectivity index (χ4n) is 7.13. The van der Waals surface area contributed by atoms with Crippen LogP contribution in [-0.2, 0) is 19.1 Å². The molecule has 4 amide bonds. The minimum Gasteiger partial charge on any atom is -0.453 e. The molecule has 0 radical (unpaired) electrons. The van der Waals surface area contributed by atoms with Crippen molar-refractivity contribution in [2.24, 2.45) is 11.8 Å². The first-order chi connectivity index (χ1) is 26.1. The van der Waals surface area contributed by atoms with E-state index in [0.29, 0.717) is 42.5 Å². The van der Waals surface area contributed by atoms with E-state index in [1.54, 1.807) is 22.2 Å². The normalized spacial score (nSPS) is 17.8. The van der Waals surface area contributed by atoms with Gasteiger partial charge < -0.3 is 35.1 Å². The molecule has 13 nitrogen and oxygen atoms in total. The summed E-state index contributed by atoms with van der Waals surface area (Å²) in [6, 6.07) is 10.3. The van der Waals surface area contributed by atoms with E-state index in [0.717, 1.165) is 47.6 Å². The molecule has 6 rings (SSSR count). The number of H-pyrrole nitrogens is 2. The maximum Gasteiger partial charge on any atom is 0.407 e. The molecule has 13 heteroatoms. The number of nitrogens with one attached hydrogen (secondary N) is 4. The molecule has 2 aromatic heterocycles. The average molecular weight is 731 g/mol. The Kier molecular flexibility index (Phi) is 11.7. The second kappa shape index (κ2) is 16.7. The van der Waals surface area contributed by atoms with Gasteiger partial charge in [-0.1, -0.05) is 51.7 Å². The van der Waals surface area contributed by atoms with Crippen LogP contribution in [0.25, 0.3) is 10.8 Å². The quantitative estimate of drug-likeness (QED) is 0.145. The Labute approximate surface area is 315 Å². The number of ether oxygens (including phenoxy) is 1. The van der Waals surface area contributed by atoms with Crippen LogP contribution in [-0.4, -0.2) is 86.3 Å².